The number of hydrogen-bond donors (Lipinski definition) is 2. The van der Waals surface area contributed by atoms with Crippen molar-refractivity contribution in [3.05, 3.63) is 71.8 Å². The zero-order valence-electron chi connectivity index (χ0n) is 14.5. The average molecular weight is 363 g/mol. The van der Waals surface area contributed by atoms with E-state index in [4.69, 9.17) is 15.2 Å². The Morgan fingerprint density at radius 3 is 2.59 bits per heavy atom. The fourth-order valence-corrected chi connectivity index (χ4v) is 2.58. The summed E-state index contributed by atoms with van der Waals surface area (Å²) in [4.78, 5) is 23.4. The number of hydrogen-bond acceptors (Lipinski definition) is 5. The highest BCUT2D eigenvalue weighted by Gasteiger charge is 2.15. The number of amides is 2. The summed E-state index contributed by atoms with van der Waals surface area (Å²) in [6.45, 7) is 0. The number of ether oxygens (including phenoxy) is 2. The van der Waals surface area contributed by atoms with Crippen molar-refractivity contribution in [1.29, 1.82) is 0 Å². The lowest BCUT2D eigenvalue weighted by Gasteiger charge is -2.11. The zero-order valence-corrected chi connectivity index (χ0v) is 14.5. The molecule has 27 heavy (non-hydrogen) atoms. The summed E-state index contributed by atoms with van der Waals surface area (Å²) in [6, 6.07) is 17.1. The number of methoxy groups -OCH3 is 1. The molecule has 7 nitrogen and oxygen atoms in total. The van der Waals surface area contributed by atoms with Crippen LogP contribution < -0.4 is 20.6 Å². The lowest BCUT2D eigenvalue weighted by Crippen LogP contribution is -2.24. The lowest BCUT2D eigenvalue weighted by molar-refractivity contribution is 0.0732. The van der Waals surface area contributed by atoms with Crippen LogP contribution in [0.1, 0.15) is 15.9 Å². The predicted molar refractivity (Wildman–Crippen MR) is 102 cm³/mol. The van der Waals surface area contributed by atoms with E-state index in [1.54, 1.807) is 30.3 Å². The Labute approximate surface area is 155 Å². The molecule has 0 aromatic heterocycles. The van der Waals surface area contributed by atoms with Crippen molar-refractivity contribution >= 4 is 29.0 Å². The SMILES string of the molecule is COc1ccc(/C=N\NC(N)=O)cc1OC(=O)c1cccc2ccccc12. The molecule has 0 aliphatic heterocycles. The van der Waals surface area contributed by atoms with Gasteiger partial charge in [0.1, 0.15) is 0 Å². The van der Waals surface area contributed by atoms with Crippen LogP contribution in [0.25, 0.3) is 10.8 Å². The first-order valence-corrected chi connectivity index (χ1v) is 8.05. The third kappa shape index (κ3) is 4.21. The predicted octanol–water partition coefficient (Wildman–Crippen LogP) is 3.07. The fourth-order valence-electron chi connectivity index (χ4n) is 2.58. The minimum Gasteiger partial charge on any atom is -0.493 e. The summed E-state index contributed by atoms with van der Waals surface area (Å²) in [5, 5.41) is 5.43. The summed E-state index contributed by atoms with van der Waals surface area (Å²) in [5.41, 5.74) is 8.09. The van der Waals surface area contributed by atoms with Crippen LogP contribution in [0.3, 0.4) is 0 Å². The molecule has 0 radical (unpaired) electrons. The molecule has 0 unspecified atom stereocenters. The van der Waals surface area contributed by atoms with Gasteiger partial charge in [-0.3, -0.25) is 0 Å². The standard InChI is InChI=1S/C20H17N3O4/c1-26-17-10-9-13(12-22-23-20(21)25)11-18(17)27-19(24)16-8-4-6-14-5-2-3-7-15(14)16/h2-12H,1H3,(H3,21,23,25)/b22-12-. The van der Waals surface area contributed by atoms with Gasteiger partial charge in [0.25, 0.3) is 0 Å². The van der Waals surface area contributed by atoms with Gasteiger partial charge in [-0.2, -0.15) is 5.10 Å². The van der Waals surface area contributed by atoms with Crippen LogP contribution in [0.4, 0.5) is 4.79 Å². The number of fused-ring (bicyclic) bond motifs is 1. The molecular formula is C20H17N3O4. The number of nitrogens with two attached hydrogens (primary N) is 1. The number of carbonyl (C=O) groups excluding carboxylic acids is 2. The molecule has 3 rings (SSSR count). The van der Waals surface area contributed by atoms with Gasteiger partial charge in [-0.15, -0.1) is 0 Å². The van der Waals surface area contributed by atoms with E-state index in [9.17, 15) is 9.59 Å². The van der Waals surface area contributed by atoms with E-state index < -0.39 is 12.0 Å². The second kappa shape index (κ2) is 8.01. The van der Waals surface area contributed by atoms with Gasteiger partial charge < -0.3 is 15.2 Å². The highest BCUT2D eigenvalue weighted by molar-refractivity contribution is 6.05. The highest BCUT2D eigenvalue weighted by atomic mass is 16.6. The van der Waals surface area contributed by atoms with Crippen molar-refractivity contribution < 1.29 is 19.1 Å². The molecule has 0 heterocycles. The first-order chi connectivity index (χ1) is 13.1. The Balaban J connectivity index is 1.90. The van der Waals surface area contributed by atoms with Crippen LogP contribution in [-0.4, -0.2) is 25.3 Å². The number of nitrogens with one attached hydrogen (secondary N) is 1. The minimum atomic E-state index is -0.776. The topological polar surface area (TPSA) is 103 Å². The maximum Gasteiger partial charge on any atom is 0.344 e. The maximum absolute atomic E-state index is 12.7. The van der Waals surface area contributed by atoms with Crippen molar-refractivity contribution in [2.75, 3.05) is 7.11 Å². The van der Waals surface area contributed by atoms with E-state index >= 15 is 0 Å². The van der Waals surface area contributed by atoms with Gasteiger partial charge in [-0.05, 0) is 40.6 Å². The van der Waals surface area contributed by atoms with E-state index in [-0.39, 0.29) is 5.75 Å². The van der Waals surface area contributed by atoms with Gasteiger partial charge in [0.2, 0.25) is 0 Å². The van der Waals surface area contributed by atoms with Gasteiger partial charge in [0.05, 0.1) is 18.9 Å². The van der Waals surface area contributed by atoms with Crippen molar-refractivity contribution in [3.63, 3.8) is 0 Å². The summed E-state index contributed by atoms with van der Waals surface area (Å²) in [7, 11) is 1.48. The van der Waals surface area contributed by atoms with Crippen molar-refractivity contribution in [2.45, 2.75) is 0 Å². The van der Waals surface area contributed by atoms with Gasteiger partial charge in [-0.25, -0.2) is 15.0 Å². The van der Waals surface area contributed by atoms with Gasteiger partial charge in [0, 0.05) is 0 Å². The summed E-state index contributed by atoms with van der Waals surface area (Å²) < 4.78 is 10.8. The second-order valence-electron chi connectivity index (χ2n) is 5.56. The molecule has 0 saturated heterocycles. The number of urea groups is 1. The first-order valence-electron chi connectivity index (χ1n) is 8.05. The normalized spacial score (nSPS) is 10.7. The molecule has 3 N–H and O–H groups in total. The molecule has 0 atom stereocenters. The zero-order chi connectivity index (χ0) is 19.2. The molecule has 0 aliphatic rings. The fraction of sp³-hybridized carbons (Fsp3) is 0.0500. The number of rotatable bonds is 5. The molecule has 7 heteroatoms. The van der Waals surface area contributed by atoms with Crippen LogP contribution in [-0.2, 0) is 0 Å². The van der Waals surface area contributed by atoms with E-state index in [0.29, 0.717) is 16.9 Å². The number of benzene rings is 3. The highest BCUT2D eigenvalue weighted by Crippen LogP contribution is 2.29. The Morgan fingerprint density at radius 2 is 1.81 bits per heavy atom. The smallest absolute Gasteiger partial charge is 0.344 e. The number of hydrazone groups is 1. The molecule has 0 bridgehead atoms. The molecule has 0 fully saturated rings. The number of carbonyl (C=O) groups is 2. The number of esters is 1. The molecule has 136 valence electrons. The lowest BCUT2D eigenvalue weighted by atomic mass is 10.0. The summed E-state index contributed by atoms with van der Waals surface area (Å²) >= 11 is 0. The third-order valence-corrected chi connectivity index (χ3v) is 3.79. The van der Waals surface area contributed by atoms with Crippen LogP contribution in [0.2, 0.25) is 0 Å². The Hall–Kier alpha value is -3.87. The molecule has 2 amide bonds. The van der Waals surface area contributed by atoms with E-state index in [0.717, 1.165) is 10.8 Å². The van der Waals surface area contributed by atoms with Crippen molar-refractivity contribution in [2.24, 2.45) is 10.8 Å². The Morgan fingerprint density at radius 1 is 1.04 bits per heavy atom. The van der Waals surface area contributed by atoms with Crippen LogP contribution >= 0.6 is 0 Å². The quantitative estimate of drug-likeness (QED) is 0.315. The Kier molecular flexibility index (Phi) is 5.32. The molecule has 3 aromatic carbocycles. The van der Waals surface area contributed by atoms with Gasteiger partial charge >= 0.3 is 12.0 Å². The van der Waals surface area contributed by atoms with Crippen molar-refractivity contribution in [3.8, 4) is 11.5 Å². The number of primary amides is 1. The monoisotopic (exact) mass is 363 g/mol. The summed E-state index contributed by atoms with van der Waals surface area (Å²) in [6.07, 6.45) is 1.37. The Bertz CT molecular complexity index is 1030. The number of nitrogens with zero attached hydrogens (tertiary/aromatic N) is 1. The summed E-state index contributed by atoms with van der Waals surface area (Å²) in [5.74, 6) is 0.122. The maximum atomic E-state index is 12.7. The average Bonchev–Trinajstić information content (AvgIpc) is 2.67. The van der Waals surface area contributed by atoms with E-state index in [2.05, 4.69) is 10.5 Å². The van der Waals surface area contributed by atoms with E-state index in [1.165, 1.54) is 13.3 Å². The largest absolute Gasteiger partial charge is 0.493 e. The van der Waals surface area contributed by atoms with Gasteiger partial charge in [-0.1, -0.05) is 36.4 Å². The molecule has 0 aliphatic carbocycles. The van der Waals surface area contributed by atoms with Crippen LogP contribution in [0, 0.1) is 0 Å². The van der Waals surface area contributed by atoms with Crippen LogP contribution in [0.5, 0.6) is 11.5 Å². The molecule has 3 aromatic rings. The molecule has 0 spiro atoms. The van der Waals surface area contributed by atoms with E-state index in [1.807, 2.05) is 30.3 Å². The second-order valence-corrected chi connectivity index (χ2v) is 5.56. The molecular weight excluding hydrogens is 346 g/mol. The minimum absolute atomic E-state index is 0.235. The third-order valence-electron chi connectivity index (χ3n) is 3.79. The molecule has 0 saturated carbocycles. The van der Waals surface area contributed by atoms with Gasteiger partial charge in [0.15, 0.2) is 11.5 Å². The van der Waals surface area contributed by atoms with Crippen LogP contribution in [0.15, 0.2) is 65.8 Å². The first kappa shape index (κ1) is 17.9. The van der Waals surface area contributed by atoms with Crippen molar-refractivity contribution in [1.82, 2.24) is 5.43 Å².